The lowest BCUT2D eigenvalue weighted by molar-refractivity contribution is -0.116. The Bertz CT molecular complexity index is 743. The van der Waals surface area contributed by atoms with Crippen LogP contribution in [0, 0.1) is 0 Å². The van der Waals surface area contributed by atoms with Crippen LogP contribution in [0.5, 0.6) is 17.2 Å². The smallest absolute Gasteiger partial charge is 0.224 e. The lowest BCUT2D eigenvalue weighted by atomic mass is 10.1. The lowest BCUT2D eigenvalue weighted by Gasteiger charge is -2.13. The zero-order chi connectivity index (χ0) is 19.6. The van der Waals surface area contributed by atoms with Crippen LogP contribution in [0.15, 0.2) is 42.5 Å². The third kappa shape index (κ3) is 6.85. The van der Waals surface area contributed by atoms with Gasteiger partial charge >= 0.3 is 0 Å². The maximum absolute atomic E-state index is 12.3. The normalized spacial score (nSPS) is 10.6. The van der Waals surface area contributed by atoms with Gasteiger partial charge in [-0.2, -0.15) is 0 Å². The summed E-state index contributed by atoms with van der Waals surface area (Å²) in [5.74, 6) is 2.16. The third-order valence-electron chi connectivity index (χ3n) is 3.74. The Morgan fingerprint density at radius 2 is 1.74 bits per heavy atom. The third-order valence-corrected chi connectivity index (χ3v) is 3.74. The summed E-state index contributed by atoms with van der Waals surface area (Å²) in [6, 6.07) is 13.3. The molecular formula is C22H29NO4. The molecule has 0 bridgehead atoms. The van der Waals surface area contributed by atoms with Crippen molar-refractivity contribution in [1.29, 1.82) is 0 Å². The molecule has 0 aliphatic heterocycles. The van der Waals surface area contributed by atoms with Gasteiger partial charge in [0.2, 0.25) is 5.91 Å². The fraction of sp³-hybridized carbons (Fsp3) is 0.409. The molecule has 1 N–H and O–H groups in total. The van der Waals surface area contributed by atoms with Crippen molar-refractivity contribution in [2.75, 3.05) is 18.5 Å². The van der Waals surface area contributed by atoms with Gasteiger partial charge in [0.1, 0.15) is 5.75 Å². The molecule has 1 amide bonds. The van der Waals surface area contributed by atoms with Crippen LogP contribution in [0.4, 0.5) is 5.69 Å². The van der Waals surface area contributed by atoms with Crippen LogP contribution in [0.25, 0.3) is 0 Å². The van der Waals surface area contributed by atoms with Crippen LogP contribution in [0.3, 0.4) is 0 Å². The van der Waals surface area contributed by atoms with Gasteiger partial charge in [0.25, 0.3) is 0 Å². The number of carbonyl (C=O) groups is 1. The minimum Gasteiger partial charge on any atom is -0.491 e. The number of carbonyl (C=O) groups excluding carboxylic acids is 1. The average Bonchev–Trinajstić information content (AvgIpc) is 2.62. The second-order valence-electron chi connectivity index (χ2n) is 6.39. The van der Waals surface area contributed by atoms with Crippen LogP contribution < -0.4 is 19.5 Å². The van der Waals surface area contributed by atoms with E-state index >= 15 is 0 Å². The highest BCUT2D eigenvalue weighted by Gasteiger charge is 2.09. The predicted molar refractivity (Wildman–Crippen MR) is 108 cm³/mol. The van der Waals surface area contributed by atoms with E-state index in [9.17, 15) is 4.79 Å². The number of amides is 1. The highest BCUT2D eigenvalue weighted by molar-refractivity contribution is 5.91. The number of ether oxygens (including phenoxy) is 3. The van der Waals surface area contributed by atoms with E-state index in [0.717, 1.165) is 28.5 Å². The van der Waals surface area contributed by atoms with E-state index < -0.39 is 0 Å². The number of benzene rings is 2. The molecule has 2 aromatic carbocycles. The van der Waals surface area contributed by atoms with E-state index in [1.54, 1.807) is 0 Å². The first-order valence-electron chi connectivity index (χ1n) is 9.46. The SMILES string of the molecule is CCOc1ccc(CCC(=O)Nc2cccc(OC(C)C)c2)cc1OCC. The van der Waals surface area contributed by atoms with Crippen molar-refractivity contribution >= 4 is 11.6 Å². The lowest BCUT2D eigenvalue weighted by Crippen LogP contribution is -2.13. The van der Waals surface area contributed by atoms with Crippen molar-refractivity contribution in [1.82, 2.24) is 0 Å². The maximum Gasteiger partial charge on any atom is 0.224 e. The van der Waals surface area contributed by atoms with Gasteiger partial charge in [0.15, 0.2) is 11.5 Å². The molecule has 0 aliphatic carbocycles. The molecule has 2 rings (SSSR count). The van der Waals surface area contributed by atoms with Crippen molar-refractivity contribution in [2.24, 2.45) is 0 Å². The summed E-state index contributed by atoms with van der Waals surface area (Å²) in [4.78, 5) is 12.3. The summed E-state index contributed by atoms with van der Waals surface area (Å²) in [7, 11) is 0. The van der Waals surface area contributed by atoms with Gasteiger partial charge < -0.3 is 19.5 Å². The van der Waals surface area contributed by atoms with Crippen LogP contribution in [0.2, 0.25) is 0 Å². The Kier molecular flexibility index (Phi) is 7.99. The molecule has 0 saturated carbocycles. The predicted octanol–water partition coefficient (Wildman–Crippen LogP) is 4.84. The van der Waals surface area contributed by atoms with Crippen LogP contribution in [-0.2, 0) is 11.2 Å². The number of rotatable bonds is 10. The first-order chi connectivity index (χ1) is 13.0. The van der Waals surface area contributed by atoms with Crippen molar-refractivity contribution in [2.45, 2.75) is 46.6 Å². The molecule has 5 heteroatoms. The number of hydrogen-bond acceptors (Lipinski definition) is 4. The topological polar surface area (TPSA) is 56.8 Å². The molecule has 0 aliphatic rings. The zero-order valence-electron chi connectivity index (χ0n) is 16.6. The van der Waals surface area contributed by atoms with Gasteiger partial charge in [-0.05, 0) is 63.9 Å². The number of aryl methyl sites for hydroxylation is 1. The Morgan fingerprint density at radius 1 is 1.00 bits per heavy atom. The molecule has 0 spiro atoms. The Morgan fingerprint density at radius 3 is 2.44 bits per heavy atom. The van der Waals surface area contributed by atoms with E-state index in [1.807, 2.05) is 70.2 Å². The number of nitrogens with one attached hydrogen (secondary N) is 1. The first kappa shape index (κ1) is 20.6. The summed E-state index contributed by atoms with van der Waals surface area (Å²) in [5.41, 5.74) is 1.77. The van der Waals surface area contributed by atoms with Gasteiger partial charge in [0, 0.05) is 18.2 Å². The van der Waals surface area contributed by atoms with E-state index in [-0.39, 0.29) is 12.0 Å². The fourth-order valence-electron chi connectivity index (χ4n) is 2.65. The molecule has 0 aromatic heterocycles. The quantitative estimate of drug-likeness (QED) is 0.649. The molecule has 2 aromatic rings. The van der Waals surface area contributed by atoms with Gasteiger partial charge in [-0.25, -0.2) is 0 Å². The second-order valence-corrected chi connectivity index (χ2v) is 6.39. The standard InChI is InChI=1S/C22H29NO4/c1-5-25-20-12-10-17(14-21(20)26-6-2)11-13-22(24)23-18-8-7-9-19(15-18)27-16(3)4/h7-10,12,14-16H,5-6,11,13H2,1-4H3,(H,23,24). The summed E-state index contributed by atoms with van der Waals surface area (Å²) >= 11 is 0. The van der Waals surface area contributed by atoms with Crippen LogP contribution in [0.1, 0.15) is 39.7 Å². The molecule has 0 heterocycles. The molecule has 0 radical (unpaired) electrons. The maximum atomic E-state index is 12.3. The van der Waals surface area contributed by atoms with E-state index in [2.05, 4.69) is 5.32 Å². The summed E-state index contributed by atoms with van der Waals surface area (Å²) < 4.78 is 16.9. The molecule has 27 heavy (non-hydrogen) atoms. The van der Waals surface area contributed by atoms with Crippen LogP contribution in [-0.4, -0.2) is 25.2 Å². The number of anilines is 1. The molecular weight excluding hydrogens is 342 g/mol. The average molecular weight is 371 g/mol. The summed E-state index contributed by atoms with van der Waals surface area (Å²) in [5, 5.41) is 2.92. The largest absolute Gasteiger partial charge is 0.491 e. The van der Waals surface area contributed by atoms with Gasteiger partial charge in [0.05, 0.1) is 19.3 Å². The highest BCUT2D eigenvalue weighted by atomic mass is 16.5. The fourth-order valence-corrected chi connectivity index (χ4v) is 2.65. The molecule has 0 fully saturated rings. The van der Waals surface area contributed by atoms with Crippen molar-refractivity contribution in [3.8, 4) is 17.2 Å². The van der Waals surface area contributed by atoms with Crippen molar-refractivity contribution in [3.63, 3.8) is 0 Å². The Hall–Kier alpha value is -2.69. The second kappa shape index (κ2) is 10.5. The van der Waals surface area contributed by atoms with E-state index in [1.165, 1.54) is 0 Å². The number of hydrogen-bond donors (Lipinski definition) is 1. The van der Waals surface area contributed by atoms with Gasteiger partial charge in [-0.1, -0.05) is 12.1 Å². The minimum atomic E-state index is -0.0384. The monoisotopic (exact) mass is 371 g/mol. The van der Waals surface area contributed by atoms with Crippen molar-refractivity contribution in [3.05, 3.63) is 48.0 Å². The van der Waals surface area contributed by atoms with Crippen molar-refractivity contribution < 1.29 is 19.0 Å². The Balaban J connectivity index is 1.94. The summed E-state index contributed by atoms with van der Waals surface area (Å²) in [6.07, 6.45) is 1.10. The zero-order valence-corrected chi connectivity index (χ0v) is 16.6. The van der Waals surface area contributed by atoms with E-state index in [0.29, 0.717) is 26.1 Å². The van der Waals surface area contributed by atoms with E-state index in [4.69, 9.17) is 14.2 Å². The first-order valence-corrected chi connectivity index (χ1v) is 9.46. The molecule has 0 unspecified atom stereocenters. The van der Waals surface area contributed by atoms with Gasteiger partial charge in [-0.15, -0.1) is 0 Å². The molecule has 0 atom stereocenters. The molecule has 0 saturated heterocycles. The van der Waals surface area contributed by atoms with Gasteiger partial charge in [-0.3, -0.25) is 4.79 Å². The highest BCUT2D eigenvalue weighted by Crippen LogP contribution is 2.29. The minimum absolute atomic E-state index is 0.0384. The summed E-state index contributed by atoms with van der Waals surface area (Å²) in [6.45, 7) is 8.97. The Labute approximate surface area is 161 Å². The molecule has 5 nitrogen and oxygen atoms in total. The molecule has 146 valence electrons. The van der Waals surface area contributed by atoms with Crippen LogP contribution >= 0.6 is 0 Å².